The van der Waals surface area contributed by atoms with E-state index in [0.717, 1.165) is 0 Å². The minimum atomic E-state index is -2.46. The van der Waals surface area contributed by atoms with Crippen LogP contribution in [0.5, 0.6) is 0 Å². The van der Waals surface area contributed by atoms with Crippen LogP contribution >= 0.6 is 0 Å². The van der Waals surface area contributed by atoms with Gasteiger partial charge in [0.15, 0.2) is 0 Å². The molecule has 0 N–H and O–H groups in total. The molecule has 1 aromatic rings. The van der Waals surface area contributed by atoms with Crippen molar-refractivity contribution < 1.29 is 13.6 Å². The lowest BCUT2D eigenvalue weighted by Crippen LogP contribution is -2.07. The van der Waals surface area contributed by atoms with Gasteiger partial charge in [-0.3, -0.25) is 4.68 Å². The maximum atomic E-state index is 11.2. The van der Waals surface area contributed by atoms with E-state index in [9.17, 15) is 4.79 Å². The number of carbonyl (C=O) groups is 1. The van der Waals surface area contributed by atoms with Crippen molar-refractivity contribution in [2.75, 3.05) is 7.11 Å². The van der Waals surface area contributed by atoms with E-state index < -0.39 is 12.9 Å². The maximum absolute atomic E-state index is 11.2. The fourth-order valence-corrected chi connectivity index (χ4v) is 0.749. The average molecular weight is 157 g/mol. The van der Waals surface area contributed by atoms with Gasteiger partial charge in [0.05, 0.1) is 12.8 Å². The molecule has 4 heteroatoms. The third-order valence-electron chi connectivity index (χ3n) is 1.23. The van der Waals surface area contributed by atoms with Crippen molar-refractivity contribution in [2.24, 2.45) is 6.98 Å². The standard InChI is InChI=1S/C7H10N2O2/c1-5-4-6(7(10)11-3)9(2)8-5/h4H,1-3H3/i2D3. The Morgan fingerprint density at radius 2 is 2.64 bits per heavy atom. The number of hydrogen-bond donors (Lipinski definition) is 0. The first-order chi connectivity index (χ1) is 6.36. The molecule has 11 heavy (non-hydrogen) atoms. The summed E-state index contributed by atoms with van der Waals surface area (Å²) >= 11 is 0. The van der Waals surface area contributed by atoms with Gasteiger partial charge < -0.3 is 4.74 Å². The van der Waals surface area contributed by atoms with E-state index in [4.69, 9.17) is 4.11 Å². The quantitative estimate of drug-likeness (QED) is 0.558. The maximum Gasteiger partial charge on any atom is 0.356 e. The average Bonchev–Trinajstić information content (AvgIpc) is 2.45. The number of aryl methyl sites for hydroxylation is 2. The van der Waals surface area contributed by atoms with Crippen LogP contribution in [0.1, 0.15) is 20.3 Å². The molecule has 0 fully saturated rings. The third kappa shape index (κ3) is 1.39. The lowest BCUT2D eigenvalue weighted by atomic mass is 10.4. The monoisotopic (exact) mass is 157 g/mol. The Hall–Kier alpha value is -1.32. The van der Waals surface area contributed by atoms with Crippen LogP contribution in [-0.4, -0.2) is 22.9 Å². The van der Waals surface area contributed by atoms with Crippen LogP contribution in [0.25, 0.3) is 0 Å². The highest BCUT2D eigenvalue weighted by Crippen LogP contribution is 2.02. The van der Waals surface area contributed by atoms with E-state index in [1.165, 1.54) is 13.2 Å². The van der Waals surface area contributed by atoms with E-state index >= 15 is 0 Å². The summed E-state index contributed by atoms with van der Waals surface area (Å²) < 4.78 is 26.5. The lowest BCUT2D eigenvalue weighted by molar-refractivity contribution is 0.0588. The van der Waals surface area contributed by atoms with Crippen LogP contribution in [0.2, 0.25) is 0 Å². The van der Waals surface area contributed by atoms with Gasteiger partial charge in [-0.1, -0.05) is 0 Å². The number of aromatic nitrogens is 2. The Bertz CT molecular complexity index is 356. The van der Waals surface area contributed by atoms with Gasteiger partial charge in [-0.15, -0.1) is 0 Å². The molecule has 0 unspecified atom stereocenters. The van der Waals surface area contributed by atoms with Gasteiger partial charge in [0.1, 0.15) is 5.69 Å². The largest absolute Gasteiger partial charge is 0.464 e. The molecule has 0 bridgehead atoms. The number of nitrogens with zero attached hydrogens (tertiary/aromatic N) is 2. The zero-order chi connectivity index (χ0) is 10.9. The van der Waals surface area contributed by atoms with Crippen LogP contribution in [-0.2, 0) is 11.7 Å². The number of esters is 1. The van der Waals surface area contributed by atoms with E-state index in [-0.39, 0.29) is 5.69 Å². The highest BCUT2D eigenvalue weighted by atomic mass is 16.5. The molecule has 0 radical (unpaired) electrons. The van der Waals surface area contributed by atoms with Crippen LogP contribution in [0.15, 0.2) is 6.07 Å². The molecule has 0 aliphatic carbocycles. The summed E-state index contributed by atoms with van der Waals surface area (Å²) in [7, 11) is 1.19. The van der Waals surface area contributed by atoms with Crippen LogP contribution < -0.4 is 0 Å². The lowest BCUT2D eigenvalue weighted by Gasteiger charge is -1.96. The van der Waals surface area contributed by atoms with Crippen LogP contribution in [0.3, 0.4) is 0 Å². The molecule has 0 aliphatic heterocycles. The topological polar surface area (TPSA) is 44.1 Å². The van der Waals surface area contributed by atoms with Crippen molar-refractivity contribution >= 4 is 5.97 Å². The van der Waals surface area contributed by atoms with Crippen molar-refractivity contribution in [2.45, 2.75) is 6.92 Å². The van der Waals surface area contributed by atoms with Crippen molar-refractivity contribution in [1.82, 2.24) is 9.78 Å². The van der Waals surface area contributed by atoms with Gasteiger partial charge in [0.2, 0.25) is 0 Å². The fourth-order valence-electron chi connectivity index (χ4n) is 0.749. The molecule has 0 aliphatic rings. The summed E-state index contributed by atoms with van der Waals surface area (Å²) in [6.45, 7) is -0.855. The minimum Gasteiger partial charge on any atom is -0.464 e. The number of ether oxygens (including phenoxy) is 1. The fraction of sp³-hybridized carbons (Fsp3) is 0.429. The molecular weight excluding hydrogens is 144 g/mol. The molecule has 1 heterocycles. The number of carbonyl (C=O) groups excluding carboxylic acids is 1. The van der Waals surface area contributed by atoms with Gasteiger partial charge in [0, 0.05) is 11.1 Å². The van der Waals surface area contributed by atoms with Crippen LogP contribution in [0.4, 0.5) is 0 Å². The first-order valence-corrected chi connectivity index (χ1v) is 3.01. The molecule has 0 saturated carbocycles. The zero-order valence-electron chi connectivity index (χ0n) is 9.29. The van der Waals surface area contributed by atoms with Crippen molar-refractivity contribution in [1.29, 1.82) is 0 Å². The summed E-state index contributed by atoms with van der Waals surface area (Å²) in [5, 5.41) is 3.70. The second kappa shape index (κ2) is 2.74. The molecule has 0 spiro atoms. The summed E-state index contributed by atoms with van der Waals surface area (Å²) in [4.78, 5) is 11.2. The molecular formula is C7H10N2O2. The molecule has 0 aromatic carbocycles. The van der Waals surface area contributed by atoms with E-state index in [2.05, 4.69) is 9.84 Å². The molecule has 1 aromatic heterocycles. The number of hydrogen-bond acceptors (Lipinski definition) is 3. The molecule has 1 rings (SSSR count). The molecule has 4 nitrogen and oxygen atoms in total. The summed E-state index contributed by atoms with van der Waals surface area (Å²) in [6, 6.07) is 1.37. The Labute approximate surface area is 69.0 Å². The highest BCUT2D eigenvalue weighted by molar-refractivity contribution is 5.87. The summed E-state index contributed by atoms with van der Waals surface area (Å²) in [5.41, 5.74) is 0.395. The Kier molecular flexibility index (Phi) is 1.13. The van der Waals surface area contributed by atoms with Crippen molar-refractivity contribution in [3.63, 3.8) is 0 Å². The van der Waals surface area contributed by atoms with Crippen molar-refractivity contribution in [3.8, 4) is 0 Å². The highest BCUT2D eigenvalue weighted by Gasteiger charge is 2.10. The van der Waals surface area contributed by atoms with Gasteiger partial charge in [-0.05, 0) is 13.0 Å². The Balaban J connectivity index is 3.23. The second-order valence-electron chi connectivity index (χ2n) is 2.07. The van der Waals surface area contributed by atoms with Gasteiger partial charge in [-0.2, -0.15) is 5.10 Å². The predicted molar refractivity (Wildman–Crippen MR) is 39.3 cm³/mol. The SMILES string of the molecule is [2H]C([2H])([2H])n1nc(C)cc1C(=O)OC. The summed E-state index contributed by atoms with van der Waals surface area (Å²) in [5.74, 6) is -0.707. The van der Waals surface area contributed by atoms with E-state index in [1.54, 1.807) is 6.92 Å². The van der Waals surface area contributed by atoms with E-state index in [0.29, 0.717) is 10.4 Å². The number of rotatable bonds is 1. The molecule has 0 atom stereocenters. The predicted octanol–water partition coefficient (Wildman–Crippen LogP) is 0.515. The number of methoxy groups -OCH3 is 1. The van der Waals surface area contributed by atoms with E-state index in [1.807, 2.05) is 0 Å². The van der Waals surface area contributed by atoms with Gasteiger partial charge >= 0.3 is 5.97 Å². The molecule has 0 amide bonds. The second-order valence-corrected chi connectivity index (χ2v) is 2.07. The zero-order valence-corrected chi connectivity index (χ0v) is 6.29. The summed E-state index contributed by atoms with van der Waals surface area (Å²) in [6.07, 6.45) is 0. The smallest absolute Gasteiger partial charge is 0.356 e. The Morgan fingerprint density at radius 1 is 1.91 bits per heavy atom. The third-order valence-corrected chi connectivity index (χ3v) is 1.23. The van der Waals surface area contributed by atoms with Crippen molar-refractivity contribution in [3.05, 3.63) is 17.5 Å². The van der Waals surface area contributed by atoms with Gasteiger partial charge in [0.25, 0.3) is 0 Å². The Morgan fingerprint density at radius 3 is 3.18 bits per heavy atom. The first-order valence-electron chi connectivity index (χ1n) is 4.51. The molecule has 60 valence electrons. The van der Waals surface area contributed by atoms with Crippen LogP contribution in [0, 0.1) is 6.92 Å². The normalized spacial score (nSPS) is 14.9. The first kappa shape index (κ1) is 4.54. The van der Waals surface area contributed by atoms with Gasteiger partial charge in [-0.25, -0.2) is 4.79 Å². The molecule has 0 saturated heterocycles. The minimum absolute atomic E-state index is 0.0648.